The number of rotatable bonds is 5. The summed E-state index contributed by atoms with van der Waals surface area (Å²) in [7, 11) is 0. The Bertz CT molecular complexity index is 110. The molecule has 0 aliphatic rings. The van der Waals surface area contributed by atoms with Crippen molar-refractivity contribution in [2.75, 3.05) is 6.61 Å². The van der Waals surface area contributed by atoms with Crippen LogP contribution in [0.3, 0.4) is 0 Å². The predicted octanol–water partition coefficient (Wildman–Crippen LogP) is 1.54. The highest BCUT2D eigenvalue weighted by Crippen LogP contribution is 1.95. The number of carbonyl (C=O) groups is 1. The van der Waals surface area contributed by atoms with E-state index in [-0.39, 0.29) is 0 Å². The maximum absolute atomic E-state index is 10.6. The molecule has 0 aromatic rings. The molecule has 0 aromatic carbocycles. The first-order chi connectivity index (χ1) is 5.18. The maximum atomic E-state index is 10.6. The van der Waals surface area contributed by atoms with Crippen LogP contribution in [-0.2, 0) is 14.6 Å². The molecule has 0 aliphatic carbocycles. The number of carbonyl (C=O) groups excluding carboxylic acids is 1. The largest absolute Gasteiger partial charge is 0.464 e. The molecule has 1 atom stereocenters. The fourth-order valence-electron chi connectivity index (χ4n) is 0.642. The summed E-state index contributed by atoms with van der Waals surface area (Å²) in [5.41, 5.74) is 0. The number of ether oxygens (including phenoxy) is 1. The van der Waals surface area contributed by atoms with E-state index in [1.165, 1.54) is 6.92 Å². The van der Waals surface area contributed by atoms with Crippen molar-refractivity contribution in [3.8, 4) is 0 Å². The SMILES string of the molecule is CCCCCOC(=O)C(C)[O]. The van der Waals surface area contributed by atoms with E-state index in [4.69, 9.17) is 0 Å². The van der Waals surface area contributed by atoms with Gasteiger partial charge in [-0.2, -0.15) is 0 Å². The molecule has 0 heterocycles. The fraction of sp³-hybridized carbons (Fsp3) is 0.875. The van der Waals surface area contributed by atoms with Gasteiger partial charge in [0, 0.05) is 0 Å². The minimum absolute atomic E-state index is 0.388. The molecular formula is C8H15O3. The van der Waals surface area contributed by atoms with E-state index in [1.807, 2.05) is 0 Å². The van der Waals surface area contributed by atoms with E-state index in [9.17, 15) is 9.90 Å². The lowest BCUT2D eigenvalue weighted by Gasteiger charge is -2.03. The fourth-order valence-corrected chi connectivity index (χ4v) is 0.642. The third kappa shape index (κ3) is 5.85. The van der Waals surface area contributed by atoms with Crippen LogP contribution in [0.4, 0.5) is 0 Å². The molecule has 0 bridgehead atoms. The van der Waals surface area contributed by atoms with E-state index in [2.05, 4.69) is 11.7 Å². The number of unbranched alkanes of at least 4 members (excludes halogenated alkanes) is 2. The van der Waals surface area contributed by atoms with Gasteiger partial charge in [0.25, 0.3) is 0 Å². The van der Waals surface area contributed by atoms with Crippen LogP contribution in [0, 0.1) is 0 Å². The van der Waals surface area contributed by atoms with Crippen LogP contribution in [0.25, 0.3) is 0 Å². The molecule has 0 N–H and O–H groups in total. The molecule has 3 heteroatoms. The molecule has 0 spiro atoms. The zero-order valence-corrected chi connectivity index (χ0v) is 7.13. The first-order valence-electron chi connectivity index (χ1n) is 4.01. The molecular weight excluding hydrogens is 144 g/mol. The van der Waals surface area contributed by atoms with Gasteiger partial charge < -0.3 is 4.74 Å². The van der Waals surface area contributed by atoms with Crippen LogP contribution >= 0.6 is 0 Å². The monoisotopic (exact) mass is 159 g/mol. The summed E-state index contributed by atoms with van der Waals surface area (Å²) >= 11 is 0. The molecule has 0 fully saturated rings. The summed E-state index contributed by atoms with van der Waals surface area (Å²) < 4.78 is 4.65. The highest BCUT2D eigenvalue weighted by atomic mass is 16.5. The van der Waals surface area contributed by atoms with Crippen LogP contribution in [0.1, 0.15) is 33.1 Å². The van der Waals surface area contributed by atoms with Crippen molar-refractivity contribution in [1.82, 2.24) is 0 Å². The standard InChI is InChI=1S/C8H15O3/c1-3-4-5-6-11-8(10)7(2)9/h7H,3-6H2,1-2H3. The Morgan fingerprint density at radius 3 is 2.55 bits per heavy atom. The highest BCUT2D eigenvalue weighted by molar-refractivity contribution is 5.73. The Labute approximate surface area is 67.4 Å². The molecule has 11 heavy (non-hydrogen) atoms. The quantitative estimate of drug-likeness (QED) is 0.451. The van der Waals surface area contributed by atoms with Gasteiger partial charge in [0.05, 0.1) is 6.61 Å². The number of esters is 1. The van der Waals surface area contributed by atoms with Gasteiger partial charge in [-0.3, -0.25) is 0 Å². The van der Waals surface area contributed by atoms with Crippen molar-refractivity contribution < 1.29 is 14.6 Å². The summed E-state index contributed by atoms with van der Waals surface area (Å²) in [4.78, 5) is 10.6. The van der Waals surface area contributed by atoms with Crippen molar-refractivity contribution in [3.05, 3.63) is 0 Å². The summed E-state index contributed by atoms with van der Waals surface area (Å²) in [6.07, 6.45) is 1.75. The van der Waals surface area contributed by atoms with Crippen LogP contribution in [0.5, 0.6) is 0 Å². The zero-order chi connectivity index (χ0) is 8.69. The minimum Gasteiger partial charge on any atom is -0.464 e. The summed E-state index contributed by atoms with van der Waals surface area (Å²) in [5.74, 6) is -0.638. The van der Waals surface area contributed by atoms with E-state index < -0.39 is 12.1 Å². The molecule has 0 saturated carbocycles. The van der Waals surface area contributed by atoms with Crippen LogP contribution < -0.4 is 0 Å². The normalized spacial score (nSPS) is 12.6. The topological polar surface area (TPSA) is 46.2 Å². The molecule has 0 amide bonds. The number of hydrogen-bond donors (Lipinski definition) is 0. The first kappa shape index (κ1) is 10.4. The Morgan fingerprint density at radius 1 is 1.45 bits per heavy atom. The van der Waals surface area contributed by atoms with E-state index in [0.29, 0.717) is 6.61 Å². The van der Waals surface area contributed by atoms with Gasteiger partial charge in [-0.1, -0.05) is 19.8 Å². The molecule has 0 saturated heterocycles. The highest BCUT2D eigenvalue weighted by Gasteiger charge is 2.10. The second-order valence-corrected chi connectivity index (χ2v) is 2.52. The zero-order valence-electron chi connectivity index (χ0n) is 7.13. The second kappa shape index (κ2) is 6.16. The summed E-state index contributed by atoms with van der Waals surface area (Å²) in [6, 6.07) is 0. The smallest absolute Gasteiger partial charge is 0.338 e. The average molecular weight is 159 g/mol. The Morgan fingerprint density at radius 2 is 2.09 bits per heavy atom. The first-order valence-corrected chi connectivity index (χ1v) is 4.01. The minimum atomic E-state index is -1.24. The second-order valence-electron chi connectivity index (χ2n) is 2.52. The van der Waals surface area contributed by atoms with Gasteiger partial charge in [-0.15, -0.1) is 0 Å². The molecule has 1 radical (unpaired) electrons. The Balaban J connectivity index is 3.18. The Hall–Kier alpha value is -0.570. The molecule has 0 aliphatic heterocycles. The molecule has 65 valence electrons. The van der Waals surface area contributed by atoms with Crippen molar-refractivity contribution in [1.29, 1.82) is 0 Å². The van der Waals surface area contributed by atoms with Crippen LogP contribution in [-0.4, -0.2) is 18.7 Å². The van der Waals surface area contributed by atoms with Gasteiger partial charge in [0.15, 0.2) is 6.10 Å². The third-order valence-electron chi connectivity index (χ3n) is 1.32. The number of hydrogen-bond acceptors (Lipinski definition) is 2. The Kier molecular flexibility index (Phi) is 5.84. The van der Waals surface area contributed by atoms with Crippen LogP contribution in [0.2, 0.25) is 0 Å². The summed E-state index contributed by atoms with van der Waals surface area (Å²) in [6.45, 7) is 3.75. The summed E-state index contributed by atoms with van der Waals surface area (Å²) in [5, 5.41) is 10.4. The lowest BCUT2D eigenvalue weighted by atomic mass is 10.3. The van der Waals surface area contributed by atoms with Gasteiger partial charge in [0.1, 0.15) is 0 Å². The van der Waals surface area contributed by atoms with E-state index in [1.54, 1.807) is 0 Å². The van der Waals surface area contributed by atoms with E-state index in [0.717, 1.165) is 19.3 Å². The maximum Gasteiger partial charge on any atom is 0.338 e. The third-order valence-corrected chi connectivity index (χ3v) is 1.32. The molecule has 0 aromatic heterocycles. The molecule has 3 nitrogen and oxygen atoms in total. The van der Waals surface area contributed by atoms with Gasteiger partial charge in [-0.05, 0) is 13.3 Å². The van der Waals surface area contributed by atoms with Crippen LogP contribution in [0.15, 0.2) is 0 Å². The van der Waals surface area contributed by atoms with Crippen molar-refractivity contribution >= 4 is 5.97 Å². The van der Waals surface area contributed by atoms with Gasteiger partial charge >= 0.3 is 5.97 Å². The van der Waals surface area contributed by atoms with Gasteiger partial charge in [-0.25, -0.2) is 9.90 Å². The predicted molar refractivity (Wildman–Crippen MR) is 40.6 cm³/mol. The lowest BCUT2D eigenvalue weighted by Crippen LogP contribution is -2.18. The molecule has 0 rings (SSSR count). The van der Waals surface area contributed by atoms with E-state index >= 15 is 0 Å². The average Bonchev–Trinajstić information content (AvgIpc) is 1.97. The van der Waals surface area contributed by atoms with Crippen molar-refractivity contribution in [3.63, 3.8) is 0 Å². The van der Waals surface area contributed by atoms with Crippen molar-refractivity contribution in [2.24, 2.45) is 0 Å². The van der Waals surface area contributed by atoms with Gasteiger partial charge in [0.2, 0.25) is 0 Å². The lowest BCUT2D eigenvalue weighted by molar-refractivity contribution is -0.156. The van der Waals surface area contributed by atoms with Crippen molar-refractivity contribution in [2.45, 2.75) is 39.2 Å². The molecule has 1 unspecified atom stereocenters.